The third-order valence-corrected chi connectivity index (χ3v) is 6.38. The zero-order valence-electron chi connectivity index (χ0n) is 18.5. The van der Waals surface area contributed by atoms with Gasteiger partial charge in [0.1, 0.15) is 5.75 Å². The van der Waals surface area contributed by atoms with Crippen molar-refractivity contribution < 1.29 is 17.9 Å². The van der Waals surface area contributed by atoms with Gasteiger partial charge in [-0.25, -0.2) is 8.42 Å². The summed E-state index contributed by atoms with van der Waals surface area (Å²) in [7, 11) is -1.93. The van der Waals surface area contributed by atoms with Crippen molar-refractivity contribution in [3.63, 3.8) is 0 Å². The molecule has 1 N–H and O–H groups in total. The molecule has 0 spiro atoms. The van der Waals surface area contributed by atoms with E-state index in [0.29, 0.717) is 23.5 Å². The first-order valence-corrected chi connectivity index (χ1v) is 12.2. The third kappa shape index (κ3) is 6.11. The lowest BCUT2D eigenvalue weighted by Gasteiger charge is -2.23. The number of nitrogens with one attached hydrogen (secondary N) is 1. The molecule has 0 heterocycles. The molecule has 0 radical (unpaired) electrons. The Balaban J connectivity index is 1.66. The minimum Gasteiger partial charge on any atom is -0.497 e. The van der Waals surface area contributed by atoms with Crippen molar-refractivity contribution in [2.24, 2.45) is 0 Å². The molecule has 0 saturated carbocycles. The lowest BCUT2D eigenvalue weighted by molar-refractivity contribution is 0.0951. The Bertz CT molecular complexity index is 1130. The predicted octanol–water partition coefficient (Wildman–Crippen LogP) is 4.19. The molecular formula is C25H28N2O4S. The summed E-state index contributed by atoms with van der Waals surface area (Å²) < 4.78 is 31.2. The quantitative estimate of drug-likeness (QED) is 0.528. The number of carbonyl (C=O) groups excluding carboxylic acids is 1. The second kappa shape index (κ2) is 10.3. The van der Waals surface area contributed by atoms with E-state index in [4.69, 9.17) is 4.74 Å². The molecule has 3 rings (SSSR count). The topological polar surface area (TPSA) is 75.7 Å². The van der Waals surface area contributed by atoms with Crippen LogP contribution in [0.2, 0.25) is 0 Å². The van der Waals surface area contributed by atoms with Crippen molar-refractivity contribution in [1.29, 1.82) is 0 Å². The standard InChI is InChI=1S/C25H28N2O4S/c1-19(21-7-5-4-6-8-21)17-26-25(28)22-11-9-20(10-12-22)18-27(32(3,29)30)23-13-15-24(31-2)16-14-23/h4-16,19H,17-18H2,1-3H3,(H,26,28)/t19-/m1/s1. The number of rotatable bonds is 9. The van der Waals surface area contributed by atoms with Gasteiger partial charge in [-0.3, -0.25) is 9.10 Å². The van der Waals surface area contributed by atoms with Crippen molar-refractivity contribution in [3.8, 4) is 5.75 Å². The Hall–Kier alpha value is -3.32. The number of hydrogen-bond donors (Lipinski definition) is 1. The highest BCUT2D eigenvalue weighted by atomic mass is 32.2. The molecule has 1 atom stereocenters. The average molecular weight is 453 g/mol. The fourth-order valence-corrected chi connectivity index (χ4v) is 4.21. The van der Waals surface area contributed by atoms with E-state index in [-0.39, 0.29) is 18.4 Å². The molecule has 1 amide bonds. The van der Waals surface area contributed by atoms with Crippen LogP contribution in [0.15, 0.2) is 78.9 Å². The normalized spacial score (nSPS) is 12.1. The Morgan fingerprint density at radius 3 is 2.16 bits per heavy atom. The highest BCUT2D eigenvalue weighted by Crippen LogP contribution is 2.23. The molecule has 7 heteroatoms. The van der Waals surface area contributed by atoms with Gasteiger partial charge in [-0.15, -0.1) is 0 Å². The molecule has 0 unspecified atom stereocenters. The summed E-state index contributed by atoms with van der Waals surface area (Å²) in [5.74, 6) is 0.695. The van der Waals surface area contributed by atoms with Crippen LogP contribution in [-0.2, 0) is 16.6 Å². The van der Waals surface area contributed by atoms with Gasteiger partial charge in [-0.1, -0.05) is 49.4 Å². The van der Waals surface area contributed by atoms with E-state index in [2.05, 4.69) is 12.2 Å². The van der Waals surface area contributed by atoms with Crippen LogP contribution in [0.5, 0.6) is 5.75 Å². The van der Waals surface area contributed by atoms with E-state index in [1.165, 1.54) is 16.1 Å². The van der Waals surface area contributed by atoms with Crippen LogP contribution in [-0.4, -0.2) is 34.2 Å². The second-order valence-corrected chi connectivity index (χ2v) is 9.59. The van der Waals surface area contributed by atoms with Crippen LogP contribution in [0.25, 0.3) is 0 Å². The largest absolute Gasteiger partial charge is 0.497 e. The van der Waals surface area contributed by atoms with Crippen molar-refractivity contribution in [3.05, 3.63) is 95.6 Å². The van der Waals surface area contributed by atoms with E-state index in [1.54, 1.807) is 55.6 Å². The predicted molar refractivity (Wildman–Crippen MR) is 128 cm³/mol. The van der Waals surface area contributed by atoms with Crippen LogP contribution < -0.4 is 14.4 Å². The van der Waals surface area contributed by atoms with Gasteiger partial charge in [0, 0.05) is 12.1 Å². The Morgan fingerprint density at radius 1 is 0.969 bits per heavy atom. The minimum absolute atomic E-state index is 0.158. The van der Waals surface area contributed by atoms with Crippen LogP contribution in [0.4, 0.5) is 5.69 Å². The van der Waals surface area contributed by atoms with Crippen LogP contribution >= 0.6 is 0 Å². The number of hydrogen-bond acceptors (Lipinski definition) is 4. The number of nitrogens with zero attached hydrogens (tertiary/aromatic N) is 1. The van der Waals surface area contributed by atoms with Gasteiger partial charge in [0.2, 0.25) is 10.0 Å². The first kappa shape index (κ1) is 23.3. The third-order valence-electron chi connectivity index (χ3n) is 5.24. The summed E-state index contributed by atoms with van der Waals surface area (Å²) in [6.07, 6.45) is 1.17. The van der Waals surface area contributed by atoms with Crippen molar-refractivity contribution >= 4 is 21.6 Å². The minimum atomic E-state index is -3.49. The molecule has 3 aromatic carbocycles. The first-order valence-electron chi connectivity index (χ1n) is 10.3. The second-order valence-electron chi connectivity index (χ2n) is 7.69. The molecule has 168 valence electrons. The number of methoxy groups -OCH3 is 1. The van der Waals surface area contributed by atoms with Crippen molar-refractivity contribution in [1.82, 2.24) is 5.32 Å². The summed E-state index contributed by atoms with van der Waals surface area (Å²) >= 11 is 0. The lowest BCUT2D eigenvalue weighted by atomic mass is 10.0. The van der Waals surface area contributed by atoms with Crippen LogP contribution in [0, 0.1) is 0 Å². The number of sulfonamides is 1. The van der Waals surface area contributed by atoms with Gasteiger partial charge < -0.3 is 10.1 Å². The molecule has 0 bridgehead atoms. The first-order chi connectivity index (χ1) is 15.3. The van der Waals surface area contributed by atoms with Gasteiger partial charge >= 0.3 is 0 Å². The molecule has 32 heavy (non-hydrogen) atoms. The monoisotopic (exact) mass is 452 g/mol. The Labute approximate surface area is 189 Å². The summed E-state index contributed by atoms with van der Waals surface area (Å²) in [5, 5.41) is 2.96. The fraction of sp³-hybridized carbons (Fsp3) is 0.240. The summed E-state index contributed by atoms with van der Waals surface area (Å²) in [5.41, 5.74) is 3.03. The van der Waals surface area contributed by atoms with Gasteiger partial charge in [0.15, 0.2) is 0 Å². The van der Waals surface area contributed by atoms with Crippen molar-refractivity contribution in [2.75, 3.05) is 24.2 Å². The molecule has 0 aliphatic rings. The van der Waals surface area contributed by atoms with Crippen molar-refractivity contribution in [2.45, 2.75) is 19.4 Å². The lowest BCUT2D eigenvalue weighted by Crippen LogP contribution is -2.29. The fourth-order valence-electron chi connectivity index (χ4n) is 3.32. The van der Waals surface area contributed by atoms with E-state index >= 15 is 0 Å². The molecule has 0 aromatic heterocycles. The van der Waals surface area contributed by atoms with Gasteiger partial charge in [-0.05, 0) is 53.4 Å². The number of benzene rings is 3. The maximum Gasteiger partial charge on any atom is 0.251 e. The highest BCUT2D eigenvalue weighted by Gasteiger charge is 2.18. The molecule has 0 saturated heterocycles. The molecular weight excluding hydrogens is 424 g/mol. The highest BCUT2D eigenvalue weighted by molar-refractivity contribution is 7.92. The average Bonchev–Trinajstić information content (AvgIpc) is 2.81. The zero-order chi connectivity index (χ0) is 23.1. The van der Waals surface area contributed by atoms with Crippen LogP contribution in [0.3, 0.4) is 0 Å². The smallest absolute Gasteiger partial charge is 0.251 e. The maximum atomic E-state index is 12.5. The van der Waals surface area contributed by atoms with Gasteiger partial charge in [-0.2, -0.15) is 0 Å². The molecule has 0 fully saturated rings. The molecule has 6 nitrogen and oxygen atoms in total. The number of amides is 1. The van der Waals surface area contributed by atoms with E-state index in [1.807, 2.05) is 30.3 Å². The zero-order valence-corrected chi connectivity index (χ0v) is 19.3. The van der Waals surface area contributed by atoms with Gasteiger partial charge in [0.25, 0.3) is 5.91 Å². The number of anilines is 1. The summed E-state index contributed by atoms with van der Waals surface area (Å²) in [6.45, 7) is 2.76. The molecule has 0 aliphatic heterocycles. The number of carbonyl (C=O) groups is 1. The SMILES string of the molecule is COc1ccc(N(Cc2ccc(C(=O)NC[C@@H](C)c3ccccc3)cc2)S(C)(=O)=O)cc1. The Morgan fingerprint density at radius 2 is 1.59 bits per heavy atom. The number of ether oxygens (including phenoxy) is 1. The van der Waals surface area contributed by atoms with E-state index in [9.17, 15) is 13.2 Å². The Kier molecular flexibility index (Phi) is 7.53. The molecule has 3 aromatic rings. The summed E-state index contributed by atoms with van der Waals surface area (Å²) in [4.78, 5) is 12.5. The molecule has 0 aliphatic carbocycles. The van der Waals surface area contributed by atoms with E-state index in [0.717, 1.165) is 5.56 Å². The maximum absolute atomic E-state index is 12.5. The van der Waals surface area contributed by atoms with E-state index < -0.39 is 10.0 Å². The van der Waals surface area contributed by atoms with Crippen LogP contribution in [0.1, 0.15) is 34.3 Å². The van der Waals surface area contributed by atoms with Gasteiger partial charge in [0.05, 0.1) is 25.6 Å². The summed E-state index contributed by atoms with van der Waals surface area (Å²) in [6, 6.07) is 23.9.